The molecule has 1 heterocycles. The highest BCUT2D eigenvalue weighted by Gasteiger charge is 2.33. The van der Waals surface area contributed by atoms with Crippen molar-refractivity contribution in [1.29, 1.82) is 0 Å². The molecule has 0 aliphatic carbocycles. The minimum Gasteiger partial charge on any atom is -0.282 e. The summed E-state index contributed by atoms with van der Waals surface area (Å²) in [5.74, 6) is -0.609. The van der Waals surface area contributed by atoms with E-state index in [-0.39, 0.29) is 28.9 Å². The lowest BCUT2D eigenvalue weighted by Crippen LogP contribution is -2.22. The molecule has 0 radical (unpaired) electrons. The second-order valence-corrected chi connectivity index (χ2v) is 11.3. The summed E-state index contributed by atoms with van der Waals surface area (Å²) in [7, 11) is -9.94. The predicted molar refractivity (Wildman–Crippen MR) is 129 cm³/mol. The van der Waals surface area contributed by atoms with Crippen molar-refractivity contribution in [2.75, 3.05) is 5.01 Å². The van der Waals surface area contributed by atoms with Crippen LogP contribution in [0.25, 0.3) is 11.1 Å². The molecule has 3 aromatic rings. The maximum absolute atomic E-state index is 13.0. The molecule has 0 unspecified atom stereocenters. The molecule has 1 amide bonds. The SMILES string of the molecule is O=C1CC(c2ccccc2Cl)=NN1c1cc(S(=O)(=O)O)cc(S(=O)(=O)O)c1-c1ccc(Br)cc1. The van der Waals surface area contributed by atoms with Crippen molar-refractivity contribution in [3.05, 3.63) is 75.7 Å². The van der Waals surface area contributed by atoms with Crippen LogP contribution in [0.1, 0.15) is 12.0 Å². The number of nitrogens with zero attached hydrogens (tertiary/aromatic N) is 2. The Morgan fingerprint density at radius 1 is 0.941 bits per heavy atom. The van der Waals surface area contributed by atoms with Gasteiger partial charge in [0.25, 0.3) is 26.1 Å². The van der Waals surface area contributed by atoms with Crippen molar-refractivity contribution in [1.82, 2.24) is 0 Å². The molecule has 4 rings (SSSR count). The Hall–Kier alpha value is -2.61. The van der Waals surface area contributed by atoms with E-state index < -0.39 is 35.9 Å². The third-order valence-corrected chi connectivity index (χ3v) is 7.52. The van der Waals surface area contributed by atoms with Crippen LogP contribution < -0.4 is 5.01 Å². The third kappa shape index (κ3) is 4.78. The van der Waals surface area contributed by atoms with Crippen LogP contribution in [-0.4, -0.2) is 37.6 Å². The first-order chi connectivity index (χ1) is 15.9. The summed E-state index contributed by atoms with van der Waals surface area (Å²) in [5, 5.41) is 5.44. The molecule has 0 saturated heterocycles. The van der Waals surface area contributed by atoms with E-state index in [0.29, 0.717) is 21.1 Å². The quantitative estimate of drug-likeness (QED) is 0.423. The van der Waals surface area contributed by atoms with Crippen molar-refractivity contribution in [2.45, 2.75) is 16.2 Å². The van der Waals surface area contributed by atoms with Crippen molar-refractivity contribution in [3.8, 4) is 11.1 Å². The summed E-state index contributed by atoms with van der Waals surface area (Å²) < 4.78 is 68.5. The number of anilines is 1. The number of hydrogen-bond donors (Lipinski definition) is 2. The number of carbonyl (C=O) groups is 1. The zero-order chi connectivity index (χ0) is 24.8. The molecule has 0 bridgehead atoms. The van der Waals surface area contributed by atoms with Gasteiger partial charge in [-0.3, -0.25) is 13.9 Å². The van der Waals surface area contributed by atoms with Gasteiger partial charge in [0.15, 0.2) is 0 Å². The van der Waals surface area contributed by atoms with Crippen LogP contribution in [0.4, 0.5) is 5.69 Å². The first-order valence-corrected chi connectivity index (χ1v) is 13.5. The molecule has 1 aliphatic rings. The van der Waals surface area contributed by atoms with Gasteiger partial charge in [-0.15, -0.1) is 0 Å². The Balaban J connectivity index is 2.05. The van der Waals surface area contributed by atoms with E-state index in [9.17, 15) is 30.7 Å². The van der Waals surface area contributed by atoms with Gasteiger partial charge in [0.1, 0.15) is 4.90 Å². The molecular formula is C21H14BrClN2O7S2. The van der Waals surface area contributed by atoms with Crippen LogP contribution in [0, 0.1) is 0 Å². The topological polar surface area (TPSA) is 141 Å². The van der Waals surface area contributed by atoms with Gasteiger partial charge < -0.3 is 0 Å². The van der Waals surface area contributed by atoms with Gasteiger partial charge in [-0.05, 0) is 35.9 Å². The van der Waals surface area contributed by atoms with Crippen LogP contribution in [0.3, 0.4) is 0 Å². The minimum absolute atomic E-state index is 0.181. The van der Waals surface area contributed by atoms with Gasteiger partial charge in [-0.2, -0.15) is 26.9 Å². The predicted octanol–water partition coefficient (Wildman–Crippen LogP) is 4.40. The fourth-order valence-electron chi connectivity index (χ4n) is 3.46. The fraction of sp³-hybridized carbons (Fsp3) is 0.0476. The second-order valence-electron chi connectivity index (χ2n) is 7.18. The van der Waals surface area contributed by atoms with Crippen LogP contribution in [0.15, 0.2) is 80.0 Å². The molecule has 3 aromatic carbocycles. The second kappa shape index (κ2) is 8.87. The summed E-state index contributed by atoms with van der Waals surface area (Å²) >= 11 is 9.49. The number of hydrazone groups is 1. The number of carbonyl (C=O) groups excluding carboxylic acids is 1. The summed E-state index contributed by atoms with van der Waals surface area (Å²) in [6.45, 7) is 0. The van der Waals surface area contributed by atoms with Gasteiger partial charge in [-0.25, -0.2) is 0 Å². The van der Waals surface area contributed by atoms with E-state index in [1.807, 2.05) is 0 Å². The normalized spacial score (nSPS) is 14.4. The van der Waals surface area contributed by atoms with Crippen molar-refractivity contribution >= 4 is 65.1 Å². The first-order valence-electron chi connectivity index (χ1n) is 9.40. The maximum Gasteiger partial charge on any atom is 0.295 e. The Kier molecular flexibility index (Phi) is 6.40. The highest BCUT2D eigenvalue weighted by atomic mass is 79.9. The molecule has 34 heavy (non-hydrogen) atoms. The monoisotopic (exact) mass is 584 g/mol. The van der Waals surface area contributed by atoms with Gasteiger partial charge >= 0.3 is 0 Å². The summed E-state index contributed by atoms with van der Waals surface area (Å²) in [4.78, 5) is 11.3. The van der Waals surface area contributed by atoms with Gasteiger partial charge in [0, 0.05) is 20.6 Å². The number of halogens is 2. The van der Waals surface area contributed by atoms with Crippen LogP contribution in [0.2, 0.25) is 5.02 Å². The molecule has 9 nitrogen and oxygen atoms in total. The summed E-state index contributed by atoms with van der Waals surface area (Å²) in [5.41, 5.74) is 0.521. The lowest BCUT2D eigenvalue weighted by atomic mass is 10.0. The molecule has 13 heteroatoms. The van der Waals surface area contributed by atoms with Crippen LogP contribution >= 0.6 is 27.5 Å². The summed E-state index contributed by atoms with van der Waals surface area (Å²) in [6.07, 6.45) is -0.208. The fourth-order valence-corrected chi connectivity index (χ4v) is 5.33. The zero-order valence-electron chi connectivity index (χ0n) is 16.9. The minimum atomic E-state index is -5.01. The average molecular weight is 586 g/mol. The van der Waals surface area contributed by atoms with E-state index in [1.54, 1.807) is 36.4 Å². The molecule has 0 spiro atoms. The Morgan fingerprint density at radius 3 is 2.18 bits per heavy atom. The largest absolute Gasteiger partial charge is 0.295 e. The Morgan fingerprint density at radius 2 is 1.59 bits per heavy atom. The van der Waals surface area contributed by atoms with E-state index >= 15 is 0 Å². The van der Waals surface area contributed by atoms with E-state index in [2.05, 4.69) is 21.0 Å². The molecule has 0 saturated carbocycles. The standard InChI is InChI=1S/C21H14BrClN2O7S2/c22-13-7-5-12(6-8-13)21-18(9-14(33(27,28)29)10-19(21)34(30,31)32)25-20(26)11-17(24-25)15-3-1-2-4-16(15)23/h1-10H,11H2,(H,27,28,29)(H,30,31,32). The molecule has 0 fully saturated rings. The smallest absolute Gasteiger partial charge is 0.282 e. The molecule has 176 valence electrons. The summed E-state index contributed by atoms with van der Waals surface area (Å²) in [6, 6.07) is 14.4. The highest BCUT2D eigenvalue weighted by Crippen LogP contribution is 2.41. The number of hydrogen-bond acceptors (Lipinski definition) is 6. The van der Waals surface area contributed by atoms with Crippen molar-refractivity contribution in [2.24, 2.45) is 5.10 Å². The highest BCUT2D eigenvalue weighted by molar-refractivity contribution is 9.10. The van der Waals surface area contributed by atoms with Crippen molar-refractivity contribution < 1.29 is 30.7 Å². The van der Waals surface area contributed by atoms with E-state index in [1.165, 1.54) is 12.1 Å². The van der Waals surface area contributed by atoms with Crippen LogP contribution in [-0.2, 0) is 25.0 Å². The van der Waals surface area contributed by atoms with Crippen molar-refractivity contribution in [3.63, 3.8) is 0 Å². The number of amides is 1. The lowest BCUT2D eigenvalue weighted by molar-refractivity contribution is -0.116. The molecule has 2 N–H and O–H groups in total. The molecule has 0 atom stereocenters. The average Bonchev–Trinajstić information content (AvgIpc) is 3.13. The number of rotatable bonds is 5. The number of benzene rings is 3. The lowest BCUT2D eigenvalue weighted by Gasteiger charge is -2.20. The third-order valence-electron chi connectivity index (χ3n) is 4.95. The van der Waals surface area contributed by atoms with Gasteiger partial charge in [0.05, 0.1) is 22.7 Å². The van der Waals surface area contributed by atoms with E-state index in [4.69, 9.17) is 11.6 Å². The Labute approximate surface area is 208 Å². The molecule has 0 aromatic heterocycles. The maximum atomic E-state index is 13.0. The van der Waals surface area contributed by atoms with E-state index in [0.717, 1.165) is 11.1 Å². The van der Waals surface area contributed by atoms with Gasteiger partial charge in [-0.1, -0.05) is 57.9 Å². The first kappa shape index (κ1) is 24.5. The molecule has 1 aliphatic heterocycles. The zero-order valence-corrected chi connectivity index (χ0v) is 20.9. The Bertz CT molecular complexity index is 1570. The molecular weight excluding hydrogens is 572 g/mol. The van der Waals surface area contributed by atoms with Gasteiger partial charge in [0.2, 0.25) is 0 Å². The van der Waals surface area contributed by atoms with Crippen LogP contribution in [0.5, 0.6) is 0 Å².